The first kappa shape index (κ1) is 20.1. The van der Waals surface area contributed by atoms with Gasteiger partial charge < -0.3 is 15.6 Å². The highest BCUT2D eigenvalue weighted by atomic mass is 32.1. The summed E-state index contributed by atoms with van der Waals surface area (Å²) in [7, 11) is 0. The molecule has 0 amide bonds. The molecule has 150 valence electrons. The molecule has 6 nitrogen and oxygen atoms in total. The third-order valence-corrected chi connectivity index (χ3v) is 4.71. The minimum Gasteiger partial charge on any atom is -0.357 e. The highest BCUT2D eigenvalue weighted by Crippen LogP contribution is 2.30. The number of H-pyrrole nitrogens is 1. The second kappa shape index (κ2) is 9.05. The Bertz CT molecular complexity index is 898. The highest BCUT2D eigenvalue weighted by molar-refractivity contribution is 7.09. The number of benzene rings is 1. The van der Waals surface area contributed by atoms with Gasteiger partial charge in [0.15, 0.2) is 11.7 Å². The van der Waals surface area contributed by atoms with E-state index in [-0.39, 0.29) is 6.54 Å². The number of alkyl halides is 3. The molecule has 2 aromatic heterocycles. The van der Waals surface area contributed by atoms with Gasteiger partial charge in [0, 0.05) is 24.9 Å². The van der Waals surface area contributed by atoms with Crippen LogP contribution >= 0.6 is 11.3 Å². The monoisotopic (exact) mass is 410 g/mol. The average Bonchev–Trinajstić information content (AvgIpc) is 3.29. The number of aliphatic imine (C=N–C) groups is 1. The summed E-state index contributed by atoms with van der Waals surface area (Å²) in [5, 5.41) is 7.60. The number of nitrogens with zero attached hydrogens (tertiary/aromatic N) is 3. The van der Waals surface area contributed by atoms with Crippen LogP contribution in [0.1, 0.15) is 29.9 Å². The highest BCUT2D eigenvalue weighted by Gasteiger charge is 2.33. The van der Waals surface area contributed by atoms with E-state index in [2.05, 4.69) is 30.6 Å². The van der Waals surface area contributed by atoms with Gasteiger partial charge in [-0.15, -0.1) is 11.3 Å². The largest absolute Gasteiger partial charge is 0.434 e. The van der Waals surface area contributed by atoms with Crippen molar-refractivity contribution in [2.24, 2.45) is 4.99 Å². The summed E-state index contributed by atoms with van der Waals surface area (Å²) in [6, 6.07) is 7.87. The van der Waals surface area contributed by atoms with Crippen LogP contribution in [0.15, 0.2) is 34.6 Å². The molecule has 3 N–H and O–H groups in total. The minimum atomic E-state index is -4.42. The van der Waals surface area contributed by atoms with Crippen LogP contribution in [0.3, 0.4) is 0 Å². The Labute approximate surface area is 164 Å². The van der Waals surface area contributed by atoms with Crippen LogP contribution < -0.4 is 10.6 Å². The first-order valence-corrected chi connectivity index (χ1v) is 9.81. The predicted molar refractivity (Wildman–Crippen MR) is 104 cm³/mol. The van der Waals surface area contributed by atoms with Gasteiger partial charge in [-0.1, -0.05) is 12.1 Å². The molecule has 0 fully saturated rings. The van der Waals surface area contributed by atoms with Gasteiger partial charge in [-0.25, -0.2) is 15.0 Å². The maximum absolute atomic E-state index is 12.6. The van der Waals surface area contributed by atoms with Crippen molar-refractivity contribution in [3.05, 3.63) is 46.2 Å². The first-order chi connectivity index (χ1) is 13.5. The van der Waals surface area contributed by atoms with Crippen LogP contribution in [0.2, 0.25) is 0 Å². The van der Waals surface area contributed by atoms with Crippen molar-refractivity contribution in [3.8, 4) is 0 Å². The summed E-state index contributed by atoms with van der Waals surface area (Å²) in [6.45, 7) is 3.34. The van der Waals surface area contributed by atoms with Crippen LogP contribution in [0, 0.1) is 0 Å². The van der Waals surface area contributed by atoms with E-state index < -0.39 is 11.9 Å². The molecule has 0 bridgehead atoms. The summed E-state index contributed by atoms with van der Waals surface area (Å²) in [4.78, 5) is 15.7. The SMILES string of the molecule is CCNC(=NCc1nc(C(F)(F)F)cs1)NCCCc1nc2ccccc2[nH]1. The van der Waals surface area contributed by atoms with E-state index in [0.717, 1.165) is 46.4 Å². The number of rotatable bonds is 7. The number of nitrogens with one attached hydrogen (secondary N) is 3. The molecule has 0 spiro atoms. The van der Waals surface area contributed by atoms with Crippen molar-refractivity contribution < 1.29 is 13.2 Å². The molecule has 10 heteroatoms. The molecule has 0 atom stereocenters. The lowest BCUT2D eigenvalue weighted by atomic mass is 10.3. The van der Waals surface area contributed by atoms with Gasteiger partial charge in [0.25, 0.3) is 0 Å². The van der Waals surface area contributed by atoms with Crippen molar-refractivity contribution in [1.82, 2.24) is 25.6 Å². The number of guanidine groups is 1. The fourth-order valence-corrected chi connectivity index (χ4v) is 3.31. The normalized spacial score (nSPS) is 12.5. The standard InChI is InChI=1S/C18H21F3N6S/c1-2-22-17(24-10-16-27-14(11-28-16)18(19,20)21)23-9-5-8-15-25-12-6-3-4-7-13(12)26-15/h3-4,6-7,11H,2,5,8-10H2,1H3,(H,25,26)(H2,22,23,24). The van der Waals surface area contributed by atoms with E-state index in [9.17, 15) is 13.2 Å². The third kappa shape index (κ3) is 5.44. The Hall–Kier alpha value is -2.62. The topological polar surface area (TPSA) is 78.0 Å². The van der Waals surface area contributed by atoms with Gasteiger partial charge in [0.2, 0.25) is 0 Å². The summed E-state index contributed by atoms with van der Waals surface area (Å²) < 4.78 is 37.8. The zero-order chi connectivity index (χ0) is 20.0. The van der Waals surface area contributed by atoms with Gasteiger partial charge in [-0.2, -0.15) is 13.2 Å². The van der Waals surface area contributed by atoms with Gasteiger partial charge in [0.05, 0.1) is 17.6 Å². The van der Waals surface area contributed by atoms with Crippen LogP contribution in [0.4, 0.5) is 13.2 Å². The molecule has 0 saturated carbocycles. The molecule has 0 aliphatic heterocycles. The van der Waals surface area contributed by atoms with E-state index >= 15 is 0 Å². The molecule has 2 heterocycles. The molecule has 3 rings (SSSR count). The summed E-state index contributed by atoms with van der Waals surface area (Å²) in [5.41, 5.74) is 1.09. The Balaban J connectivity index is 1.49. The Morgan fingerprint density at radius 1 is 1.21 bits per heavy atom. The molecule has 3 aromatic rings. The number of hydrogen-bond donors (Lipinski definition) is 3. The Morgan fingerprint density at radius 2 is 2.04 bits per heavy atom. The first-order valence-electron chi connectivity index (χ1n) is 8.93. The van der Waals surface area contributed by atoms with E-state index in [1.165, 1.54) is 0 Å². The van der Waals surface area contributed by atoms with Crippen LogP contribution in [-0.4, -0.2) is 34.0 Å². The summed E-state index contributed by atoms with van der Waals surface area (Å²) in [6.07, 6.45) is -2.81. The van der Waals surface area contributed by atoms with Gasteiger partial charge >= 0.3 is 6.18 Å². The number of fused-ring (bicyclic) bond motifs is 1. The van der Waals surface area contributed by atoms with Gasteiger partial charge in [-0.05, 0) is 25.5 Å². The molecular formula is C18H21F3N6S. The molecular weight excluding hydrogens is 389 g/mol. The predicted octanol–water partition coefficient (Wildman–Crippen LogP) is 3.73. The number of halogens is 3. The molecule has 0 aliphatic carbocycles. The second-order valence-corrected chi connectivity index (χ2v) is 6.99. The number of imidazole rings is 1. The van der Waals surface area contributed by atoms with Crippen LogP contribution in [0.25, 0.3) is 11.0 Å². The average molecular weight is 410 g/mol. The number of aryl methyl sites for hydroxylation is 1. The molecule has 0 saturated heterocycles. The maximum atomic E-state index is 12.6. The number of hydrogen-bond acceptors (Lipinski definition) is 4. The van der Waals surface area contributed by atoms with E-state index in [1.54, 1.807) is 0 Å². The molecule has 0 aliphatic rings. The zero-order valence-electron chi connectivity index (χ0n) is 15.3. The number of thiazole rings is 1. The van der Waals surface area contributed by atoms with Crippen molar-refractivity contribution in [1.29, 1.82) is 0 Å². The molecule has 28 heavy (non-hydrogen) atoms. The Morgan fingerprint density at radius 3 is 2.75 bits per heavy atom. The number of aromatic amines is 1. The molecule has 1 aromatic carbocycles. The van der Waals surface area contributed by atoms with E-state index in [1.807, 2.05) is 31.2 Å². The van der Waals surface area contributed by atoms with Gasteiger partial charge in [-0.3, -0.25) is 0 Å². The minimum absolute atomic E-state index is 0.0969. The fraction of sp³-hybridized carbons (Fsp3) is 0.389. The lowest BCUT2D eigenvalue weighted by Crippen LogP contribution is -2.37. The summed E-state index contributed by atoms with van der Waals surface area (Å²) in [5.74, 6) is 1.48. The zero-order valence-corrected chi connectivity index (χ0v) is 16.1. The number of para-hydroxylation sites is 2. The van der Waals surface area contributed by atoms with Crippen molar-refractivity contribution in [3.63, 3.8) is 0 Å². The third-order valence-electron chi connectivity index (χ3n) is 3.88. The van der Waals surface area contributed by atoms with Crippen molar-refractivity contribution >= 4 is 28.3 Å². The quantitative estimate of drug-likeness (QED) is 0.315. The molecule has 0 radical (unpaired) electrons. The lowest BCUT2D eigenvalue weighted by Gasteiger charge is -2.10. The van der Waals surface area contributed by atoms with Crippen molar-refractivity contribution in [2.75, 3.05) is 13.1 Å². The van der Waals surface area contributed by atoms with Crippen LogP contribution in [-0.2, 0) is 19.1 Å². The van der Waals surface area contributed by atoms with E-state index in [4.69, 9.17) is 0 Å². The smallest absolute Gasteiger partial charge is 0.357 e. The maximum Gasteiger partial charge on any atom is 0.434 e. The number of aromatic nitrogens is 3. The van der Waals surface area contributed by atoms with Gasteiger partial charge in [0.1, 0.15) is 10.8 Å². The second-order valence-electron chi connectivity index (χ2n) is 6.05. The van der Waals surface area contributed by atoms with Crippen molar-refractivity contribution in [2.45, 2.75) is 32.5 Å². The fourth-order valence-electron chi connectivity index (χ4n) is 2.59. The summed E-state index contributed by atoms with van der Waals surface area (Å²) >= 11 is 0.958. The van der Waals surface area contributed by atoms with E-state index in [0.29, 0.717) is 24.1 Å². The molecule has 0 unspecified atom stereocenters. The lowest BCUT2D eigenvalue weighted by molar-refractivity contribution is -0.140. The van der Waals surface area contributed by atoms with Crippen LogP contribution in [0.5, 0.6) is 0 Å². The Kier molecular flexibility index (Phi) is 6.50.